The van der Waals surface area contributed by atoms with Crippen LogP contribution < -0.4 is 20.7 Å². The van der Waals surface area contributed by atoms with E-state index in [1.807, 2.05) is 42.5 Å². The molecule has 1 aliphatic rings. The molecule has 0 aliphatic carbocycles. The number of nitrogen functional groups attached to an aromatic ring is 1. The topological polar surface area (TPSA) is 67.6 Å². The van der Waals surface area contributed by atoms with Crippen LogP contribution in [0.5, 0.6) is 5.75 Å². The van der Waals surface area contributed by atoms with E-state index in [9.17, 15) is 4.79 Å². The standard InChI is InChI=1S/C20H25N3O2/c1-25-19-9-5-4-8-18(19)23-13-12-16(14-23)22-20(24)11-10-15-6-2-3-7-17(15)21/h2-9,16H,10-14,21H2,1H3,(H,22,24). The highest BCUT2D eigenvalue weighted by Crippen LogP contribution is 2.30. The first-order valence-electron chi connectivity index (χ1n) is 8.68. The molecule has 1 heterocycles. The Balaban J connectivity index is 1.51. The van der Waals surface area contributed by atoms with Gasteiger partial charge in [0.1, 0.15) is 5.75 Å². The van der Waals surface area contributed by atoms with Gasteiger partial charge >= 0.3 is 0 Å². The number of hydrogen-bond acceptors (Lipinski definition) is 4. The van der Waals surface area contributed by atoms with Crippen molar-refractivity contribution in [1.82, 2.24) is 5.32 Å². The second kappa shape index (κ2) is 7.92. The molecule has 0 aromatic heterocycles. The maximum atomic E-state index is 12.3. The van der Waals surface area contributed by atoms with E-state index in [0.717, 1.165) is 42.2 Å². The van der Waals surface area contributed by atoms with Gasteiger partial charge in [-0.25, -0.2) is 0 Å². The Hall–Kier alpha value is -2.69. The summed E-state index contributed by atoms with van der Waals surface area (Å²) in [4.78, 5) is 14.5. The lowest BCUT2D eigenvalue weighted by Gasteiger charge is -2.21. The summed E-state index contributed by atoms with van der Waals surface area (Å²) in [5.41, 5.74) is 8.79. The largest absolute Gasteiger partial charge is 0.495 e. The van der Waals surface area contributed by atoms with Crippen LogP contribution in [0, 0.1) is 0 Å². The van der Waals surface area contributed by atoms with E-state index < -0.39 is 0 Å². The Morgan fingerprint density at radius 3 is 2.80 bits per heavy atom. The fourth-order valence-electron chi connectivity index (χ4n) is 3.30. The van der Waals surface area contributed by atoms with E-state index in [4.69, 9.17) is 10.5 Å². The molecule has 0 radical (unpaired) electrons. The van der Waals surface area contributed by atoms with Crippen LogP contribution in [0.3, 0.4) is 0 Å². The molecule has 5 heteroatoms. The summed E-state index contributed by atoms with van der Waals surface area (Å²) in [6, 6.07) is 15.9. The Morgan fingerprint density at radius 1 is 1.24 bits per heavy atom. The van der Waals surface area contributed by atoms with Crippen LogP contribution in [0.25, 0.3) is 0 Å². The SMILES string of the molecule is COc1ccccc1N1CCC(NC(=O)CCc2ccccc2N)C1. The van der Waals surface area contributed by atoms with Crippen molar-refractivity contribution in [2.24, 2.45) is 0 Å². The summed E-state index contributed by atoms with van der Waals surface area (Å²) < 4.78 is 5.43. The number of benzene rings is 2. The van der Waals surface area contributed by atoms with Crippen molar-refractivity contribution in [3.63, 3.8) is 0 Å². The fourth-order valence-corrected chi connectivity index (χ4v) is 3.30. The molecular formula is C20H25N3O2. The van der Waals surface area contributed by atoms with Crippen molar-refractivity contribution in [3.8, 4) is 5.75 Å². The van der Waals surface area contributed by atoms with Gasteiger partial charge in [-0.05, 0) is 36.6 Å². The lowest BCUT2D eigenvalue weighted by Crippen LogP contribution is -2.37. The van der Waals surface area contributed by atoms with Gasteiger partial charge < -0.3 is 20.7 Å². The first-order valence-corrected chi connectivity index (χ1v) is 8.68. The number of hydrogen-bond donors (Lipinski definition) is 2. The minimum Gasteiger partial charge on any atom is -0.495 e. The van der Waals surface area contributed by atoms with E-state index in [1.165, 1.54) is 0 Å². The zero-order valence-electron chi connectivity index (χ0n) is 14.6. The number of nitrogens with two attached hydrogens (primary N) is 1. The molecule has 1 atom stereocenters. The summed E-state index contributed by atoms with van der Waals surface area (Å²) in [5, 5.41) is 3.14. The fraction of sp³-hybridized carbons (Fsp3) is 0.350. The highest BCUT2D eigenvalue weighted by atomic mass is 16.5. The highest BCUT2D eigenvalue weighted by molar-refractivity contribution is 5.77. The highest BCUT2D eigenvalue weighted by Gasteiger charge is 2.25. The molecule has 1 unspecified atom stereocenters. The minimum atomic E-state index is 0.0788. The quantitative estimate of drug-likeness (QED) is 0.794. The second-order valence-corrected chi connectivity index (χ2v) is 6.37. The molecule has 3 N–H and O–H groups in total. The Kier molecular flexibility index (Phi) is 5.43. The number of anilines is 2. The van der Waals surface area contributed by atoms with Crippen LogP contribution in [-0.2, 0) is 11.2 Å². The maximum absolute atomic E-state index is 12.3. The number of carbonyl (C=O) groups excluding carboxylic acids is 1. The molecule has 1 saturated heterocycles. The Labute approximate surface area is 148 Å². The molecule has 1 fully saturated rings. The van der Waals surface area contributed by atoms with E-state index >= 15 is 0 Å². The molecule has 1 amide bonds. The van der Waals surface area contributed by atoms with Gasteiger partial charge in [0.15, 0.2) is 0 Å². The van der Waals surface area contributed by atoms with Crippen LogP contribution in [0.1, 0.15) is 18.4 Å². The number of nitrogens with one attached hydrogen (secondary N) is 1. The number of ether oxygens (including phenoxy) is 1. The van der Waals surface area contributed by atoms with Crippen molar-refractivity contribution in [2.75, 3.05) is 30.8 Å². The van der Waals surface area contributed by atoms with Crippen LogP contribution in [-0.4, -0.2) is 32.1 Å². The van der Waals surface area contributed by atoms with Crippen molar-refractivity contribution < 1.29 is 9.53 Å². The summed E-state index contributed by atoms with van der Waals surface area (Å²) in [6.07, 6.45) is 2.07. The predicted molar refractivity (Wildman–Crippen MR) is 101 cm³/mol. The maximum Gasteiger partial charge on any atom is 0.220 e. The molecule has 132 valence electrons. The lowest BCUT2D eigenvalue weighted by molar-refractivity contribution is -0.121. The third-order valence-electron chi connectivity index (χ3n) is 4.66. The predicted octanol–water partition coefficient (Wildman–Crippen LogP) is 2.61. The van der Waals surface area contributed by atoms with E-state index in [0.29, 0.717) is 12.8 Å². The smallest absolute Gasteiger partial charge is 0.220 e. The number of aryl methyl sites for hydroxylation is 1. The van der Waals surface area contributed by atoms with Crippen LogP contribution in [0.2, 0.25) is 0 Å². The van der Waals surface area contributed by atoms with Crippen molar-refractivity contribution in [2.45, 2.75) is 25.3 Å². The zero-order chi connectivity index (χ0) is 17.6. The molecule has 25 heavy (non-hydrogen) atoms. The second-order valence-electron chi connectivity index (χ2n) is 6.37. The average molecular weight is 339 g/mol. The molecule has 1 aliphatic heterocycles. The van der Waals surface area contributed by atoms with Crippen LogP contribution in [0.15, 0.2) is 48.5 Å². The number of amides is 1. The first-order chi connectivity index (χ1) is 12.2. The molecule has 3 rings (SSSR count). The Bertz CT molecular complexity index is 732. The van der Waals surface area contributed by atoms with E-state index in [1.54, 1.807) is 7.11 Å². The molecule has 5 nitrogen and oxygen atoms in total. The summed E-state index contributed by atoms with van der Waals surface area (Å²) in [5.74, 6) is 0.948. The van der Waals surface area contributed by atoms with Gasteiger partial charge in [0, 0.05) is 31.2 Å². The van der Waals surface area contributed by atoms with Crippen molar-refractivity contribution >= 4 is 17.3 Å². The summed E-state index contributed by atoms with van der Waals surface area (Å²) >= 11 is 0. The van der Waals surface area contributed by atoms with E-state index in [2.05, 4.69) is 16.3 Å². The average Bonchev–Trinajstić information content (AvgIpc) is 3.09. The summed E-state index contributed by atoms with van der Waals surface area (Å²) in [7, 11) is 1.68. The van der Waals surface area contributed by atoms with Gasteiger partial charge in [-0.3, -0.25) is 4.79 Å². The molecular weight excluding hydrogens is 314 g/mol. The minimum absolute atomic E-state index is 0.0788. The van der Waals surface area contributed by atoms with Gasteiger partial charge in [0.05, 0.1) is 12.8 Å². The molecule has 0 spiro atoms. The zero-order valence-corrected chi connectivity index (χ0v) is 14.6. The normalized spacial score (nSPS) is 16.7. The van der Waals surface area contributed by atoms with Gasteiger partial charge in [0.2, 0.25) is 5.91 Å². The first kappa shape index (κ1) is 17.1. The van der Waals surface area contributed by atoms with Crippen LogP contribution in [0.4, 0.5) is 11.4 Å². The monoisotopic (exact) mass is 339 g/mol. The van der Waals surface area contributed by atoms with Crippen LogP contribution >= 0.6 is 0 Å². The van der Waals surface area contributed by atoms with Crippen molar-refractivity contribution in [3.05, 3.63) is 54.1 Å². The number of methoxy groups -OCH3 is 1. The Morgan fingerprint density at radius 2 is 2.00 bits per heavy atom. The lowest BCUT2D eigenvalue weighted by atomic mass is 10.1. The number of carbonyl (C=O) groups is 1. The van der Waals surface area contributed by atoms with Gasteiger partial charge in [-0.2, -0.15) is 0 Å². The number of rotatable bonds is 6. The van der Waals surface area contributed by atoms with Gasteiger partial charge in [-0.15, -0.1) is 0 Å². The van der Waals surface area contributed by atoms with Gasteiger partial charge in [0.25, 0.3) is 0 Å². The molecule has 2 aromatic rings. The summed E-state index contributed by atoms with van der Waals surface area (Å²) in [6.45, 7) is 1.72. The third kappa shape index (κ3) is 4.24. The molecule has 0 saturated carbocycles. The third-order valence-corrected chi connectivity index (χ3v) is 4.66. The van der Waals surface area contributed by atoms with E-state index in [-0.39, 0.29) is 11.9 Å². The van der Waals surface area contributed by atoms with Gasteiger partial charge in [-0.1, -0.05) is 30.3 Å². The molecule has 2 aromatic carbocycles. The van der Waals surface area contributed by atoms with Crippen molar-refractivity contribution in [1.29, 1.82) is 0 Å². The number of para-hydroxylation sites is 3. The number of nitrogens with zero attached hydrogens (tertiary/aromatic N) is 1. The molecule has 0 bridgehead atoms.